The Kier molecular flexibility index (Phi) is 7.44. The van der Waals surface area contributed by atoms with Crippen LogP contribution in [0.15, 0.2) is 40.8 Å². The van der Waals surface area contributed by atoms with E-state index in [4.69, 9.17) is 10.1 Å². The molecule has 0 spiro atoms. The molecule has 1 aliphatic carbocycles. The SMILES string of the molecule is C/C=C1/N=C(C(=O)OC)C=C(CNC2CCc3c2ccc(C(=O)O)c3C)N1.C=N. The van der Waals surface area contributed by atoms with Crippen LogP contribution in [0, 0.1) is 12.3 Å². The van der Waals surface area contributed by atoms with E-state index in [-0.39, 0.29) is 11.8 Å². The van der Waals surface area contributed by atoms with Crippen LogP contribution < -0.4 is 10.6 Å². The number of hydrogen-bond donors (Lipinski definition) is 4. The number of rotatable bonds is 5. The van der Waals surface area contributed by atoms with Crippen molar-refractivity contribution in [2.24, 2.45) is 4.99 Å². The van der Waals surface area contributed by atoms with Gasteiger partial charge in [-0.15, -0.1) is 0 Å². The van der Waals surface area contributed by atoms with Crippen LogP contribution in [0.1, 0.15) is 46.4 Å². The molecule has 1 atom stereocenters. The summed E-state index contributed by atoms with van der Waals surface area (Å²) in [6.07, 6.45) is 5.22. The van der Waals surface area contributed by atoms with Gasteiger partial charge in [0.2, 0.25) is 0 Å². The number of carboxylic acid groups (broad SMARTS) is 1. The van der Waals surface area contributed by atoms with Crippen molar-refractivity contribution in [1.82, 2.24) is 10.6 Å². The van der Waals surface area contributed by atoms with E-state index in [9.17, 15) is 14.7 Å². The van der Waals surface area contributed by atoms with E-state index < -0.39 is 11.9 Å². The quantitative estimate of drug-likeness (QED) is 0.446. The number of methoxy groups -OCH3 is 1. The van der Waals surface area contributed by atoms with Crippen molar-refractivity contribution in [3.05, 3.63) is 58.1 Å². The third kappa shape index (κ3) is 4.78. The predicted molar refractivity (Wildman–Crippen MR) is 111 cm³/mol. The van der Waals surface area contributed by atoms with Crippen LogP contribution >= 0.6 is 0 Å². The highest BCUT2D eigenvalue weighted by Crippen LogP contribution is 2.34. The Balaban J connectivity index is 0.00000145. The van der Waals surface area contributed by atoms with Crippen LogP contribution in [0.2, 0.25) is 0 Å². The van der Waals surface area contributed by atoms with Gasteiger partial charge in [-0.05, 0) is 68.3 Å². The lowest BCUT2D eigenvalue weighted by molar-refractivity contribution is -0.132. The smallest absolute Gasteiger partial charge is 0.356 e. The molecular weight excluding hydrogens is 372 g/mol. The summed E-state index contributed by atoms with van der Waals surface area (Å²) in [5.74, 6) is -0.767. The van der Waals surface area contributed by atoms with Gasteiger partial charge in [0.1, 0.15) is 5.82 Å². The highest BCUT2D eigenvalue weighted by atomic mass is 16.5. The van der Waals surface area contributed by atoms with Gasteiger partial charge in [-0.1, -0.05) is 6.07 Å². The van der Waals surface area contributed by atoms with E-state index in [1.807, 2.05) is 19.9 Å². The van der Waals surface area contributed by atoms with Gasteiger partial charge < -0.3 is 25.9 Å². The number of nitrogens with one attached hydrogen (secondary N) is 3. The van der Waals surface area contributed by atoms with Gasteiger partial charge in [0, 0.05) is 18.3 Å². The highest BCUT2D eigenvalue weighted by molar-refractivity contribution is 6.41. The standard InChI is InChI=1S/C20H23N3O4.CH3N/c1-4-18-22-12(9-17(23-18)20(26)27-3)10-21-16-8-7-13-11(2)14(19(24)25)5-6-15(13)16;1-2/h4-6,9,16,21-22H,7-8,10H2,1-3H3,(H,24,25);2H,1H2/b18-4+;. The zero-order chi connectivity index (χ0) is 21.6. The summed E-state index contributed by atoms with van der Waals surface area (Å²) >= 11 is 0. The van der Waals surface area contributed by atoms with Crippen molar-refractivity contribution in [3.63, 3.8) is 0 Å². The first-order valence-corrected chi connectivity index (χ1v) is 9.20. The molecule has 8 heteroatoms. The van der Waals surface area contributed by atoms with Crippen LogP contribution in [-0.2, 0) is 16.0 Å². The zero-order valence-corrected chi connectivity index (χ0v) is 16.8. The van der Waals surface area contributed by atoms with Crippen molar-refractivity contribution < 1.29 is 19.4 Å². The topological polar surface area (TPSA) is 124 Å². The largest absolute Gasteiger partial charge is 0.478 e. The minimum absolute atomic E-state index is 0.138. The number of nitrogens with zero attached hydrogens (tertiary/aromatic N) is 1. The molecule has 4 N–H and O–H groups in total. The minimum atomic E-state index is -0.892. The number of esters is 1. The maximum absolute atomic E-state index is 11.8. The Labute approximate surface area is 169 Å². The van der Waals surface area contributed by atoms with Gasteiger partial charge >= 0.3 is 11.9 Å². The molecule has 1 aromatic rings. The normalized spacial score (nSPS) is 18.6. The van der Waals surface area contributed by atoms with E-state index >= 15 is 0 Å². The van der Waals surface area contributed by atoms with Crippen molar-refractivity contribution in [1.29, 1.82) is 5.41 Å². The number of ether oxygens (including phenoxy) is 1. The first-order valence-electron chi connectivity index (χ1n) is 9.20. The summed E-state index contributed by atoms with van der Waals surface area (Å²) < 4.78 is 4.76. The van der Waals surface area contributed by atoms with Crippen molar-refractivity contribution in [2.45, 2.75) is 32.7 Å². The number of benzene rings is 1. The minimum Gasteiger partial charge on any atom is -0.478 e. The predicted octanol–water partition coefficient (Wildman–Crippen LogP) is 2.50. The molecule has 8 nitrogen and oxygen atoms in total. The molecule has 1 heterocycles. The molecular formula is C21H26N4O4. The van der Waals surface area contributed by atoms with Crippen LogP contribution in [0.3, 0.4) is 0 Å². The van der Waals surface area contributed by atoms with Gasteiger partial charge in [-0.25, -0.2) is 14.6 Å². The zero-order valence-electron chi connectivity index (χ0n) is 16.8. The second-order valence-corrected chi connectivity index (χ2v) is 6.54. The molecule has 3 rings (SSSR count). The molecule has 29 heavy (non-hydrogen) atoms. The molecule has 0 bridgehead atoms. The number of fused-ring (bicyclic) bond motifs is 1. The van der Waals surface area contributed by atoms with Crippen molar-refractivity contribution in [2.75, 3.05) is 13.7 Å². The Bertz CT molecular complexity index is 902. The van der Waals surface area contributed by atoms with Crippen LogP contribution in [0.5, 0.6) is 0 Å². The maximum Gasteiger partial charge on any atom is 0.356 e. The first kappa shape index (κ1) is 22.0. The number of allylic oxidation sites excluding steroid dienone is 1. The molecule has 1 aliphatic heterocycles. The maximum atomic E-state index is 11.8. The summed E-state index contributed by atoms with van der Waals surface area (Å²) in [4.78, 5) is 27.3. The van der Waals surface area contributed by atoms with E-state index in [1.165, 1.54) is 7.11 Å². The molecule has 0 saturated carbocycles. The number of carbonyl (C=O) groups is 2. The number of aliphatic imine (C=N–C) groups is 1. The first-order chi connectivity index (χ1) is 13.9. The second-order valence-electron chi connectivity index (χ2n) is 6.54. The van der Waals surface area contributed by atoms with E-state index in [1.54, 1.807) is 18.2 Å². The average Bonchev–Trinajstić information content (AvgIpc) is 3.16. The fourth-order valence-corrected chi connectivity index (χ4v) is 3.55. The fraction of sp³-hybridized carbons (Fsp3) is 0.333. The van der Waals surface area contributed by atoms with E-state index in [0.29, 0.717) is 17.9 Å². The lowest BCUT2D eigenvalue weighted by Gasteiger charge is -2.20. The molecule has 0 aromatic heterocycles. The van der Waals surface area contributed by atoms with Crippen LogP contribution in [-0.4, -0.2) is 43.1 Å². The fourth-order valence-electron chi connectivity index (χ4n) is 3.55. The van der Waals surface area contributed by atoms with Crippen molar-refractivity contribution >= 4 is 24.4 Å². The second kappa shape index (κ2) is 9.79. The molecule has 0 amide bonds. The molecule has 154 valence electrons. The van der Waals surface area contributed by atoms with Gasteiger partial charge in [0.05, 0.1) is 12.7 Å². The van der Waals surface area contributed by atoms with Crippen LogP contribution in [0.25, 0.3) is 0 Å². The average molecular weight is 398 g/mol. The van der Waals surface area contributed by atoms with Gasteiger partial charge in [-0.3, -0.25) is 0 Å². The Hall–Kier alpha value is -3.26. The monoisotopic (exact) mass is 398 g/mol. The summed E-state index contributed by atoms with van der Waals surface area (Å²) in [7, 11) is 1.33. The summed E-state index contributed by atoms with van der Waals surface area (Å²) in [6, 6.07) is 3.71. The third-order valence-corrected chi connectivity index (χ3v) is 4.97. The molecule has 2 aliphatic rings. The Morgan fingerprint density at radius 1 is 1.45 bits per heavy atom. The molecule has 0 radical (unpaired) electrons. The van der Waals surface area contributed by atoms with Crippen LogP contribution in [0.4, 0.5) is 0 Å². The summed E-state index contributed by atoms with van der Waals surface area (Å²) in [6.45, 7) is 6.73. The number of aromatic carboxylic acids is 1. The van der Waals surface area contributed by atoms with Gasteiger partial charge in [0.15, 0.2) is 5.71 Å². The Morgan fingerprint density at radius 2 is 2.17 bits per heavy atom. The summed E-state index contributed by atoms with van der Waals surface area (Å²) in [5, 5.41) is 21.5. The highest BCUT2D eigenvalue weighted by Gasteiger charge is 2.26. The number of hydrogen-bond acceptors (Lipinski definition) is 7. The number of carboxylic acids is 1. The third-order valence-electron chi connectivity index (χ3n) is 4.97. The lowest BCUT2D eigenvalue weighted by Crippen LogP contribution is -2.31. The van der Waals surface area contributed by atoms with Gasteiger partial charge in [-0.2, -0.15) is 0 Å². The van der Waals surface area contributed by atoms with E-state index in [0.717, 1.165) is 35.2 Å². The molecule has 1 aromatic carbocycles. The van der Waals surface area contributed by atoms with Crippen molar-refractivity contribution in [3.8, 4) is 0 Å². The van der Waals surface area contributed by atoms with Gasteiger partial charge in [0.25, 0.3) is 0 Å². The molecule has 0 fully saturated rings. The van der Waals surface area contributed by atoms with E-state index in [2.05, 4.69) is 22.3 Å². The lowest BCUT2D eigenvalue weighted by atomic mass is 9.98. The number of carbonyl (C=O) groups excluding carboxylic acids is 1. The Morgan fingerprint density at radius 3 is 2.79 bits per heavy atom. The summed E-state index contributed by atoms with van der Waals surface area (Å²) in [5.41, 5.74) is 4.55. The molecule has 0 saturated heterocycles. The molecule has 1 unspecified atom stereocenters.